The molecular formula is C15H22N2O. The first-order valence-corrected chi connectivity index (χ1v) is 5.80. The maximum absolute atomic E-state index is 5.45. The Morgan fingerprint density at radius 2 is 2.00 bits per heavy atom. The topological polar surface area (TPSA) is 27.1 Å². The van der Waals surface area contributed by atoms with Gasteiger partial charge in [0.2, 0.25) is 0 Å². The molecule has 1 aromatic heterocycles. The number of hydrogen-bond donors (Lipinski definition) is 0. The van der Waals surface area contributed by atoms with E-state index in [0.29, 0.717) is 5.92 Å². The zero-order chi connectivity index (χ0) is 12.4. The minimum atomic E-state index is 0. The van der Waals surface area contributed by atoms with Crippen LogP contribution >= 0.6 is 0 Å². The second kappa shape index (κ2) is 5.71. The van der Waals surface area contributed by atoms with Crippen LogP contribution in [0.25, 0.3) is 5.69 Å². The second-order valence-corrected chi connectivity index (χ2v) is 4.51. The minimum absolute atomic E-state index is 0. The summed E-state index contributed by atoms with van der Waals surface area (Å²) in [6.45, 7) is 6.33. The average Bonchev–Trinajstić information content (AvgIpc) is 2.74. The highest BCUT2D eigenvalue weighted by Crippen LogP contribution is 2.27. The fourth-order valence-electron chi connectivity index (χ4n) is 1.82. The standard InChI is InChI=1S/C14H18N2O.CH4/c1-10(2)12-5-6-13(14(7-12)17-4)16-8-11(3)15-9-16;/h5-10H,1-4H3;1H4. The molecule has 0 spiro atoms. The van der Waals surface area contributed by atoms with E-state index in [9.17, 15) is 0 Å². The molecule has 0 unspecified atom stereocenters. The summed E-state index contributed by atoms with van der Waals surface area (Å²) < 4.78 is 7.44. The molecule has 1 aromatic carbocycles. The number of rotatable bonds is 3. The number of nitrogens with zero attached hydrogens (tertiary/aromatic N) is 2. The smallest absolute Gasteiger partial charge is 0.143 e. The molecule has 0 aliphatic carbocycles. The molecule has 1 heterocycles. The van der Waals surface area contributed by atoms with Crippen LogP contribution in [-0.2, 0) is 0 Å². The lowest BCUT2D eigenvalue weighted by Gasteiger charge is -2.12. The molecule has 0 atom stereocenters. The molecule has 0 amide bonds. The normalized spacial score (nSPS) is 10.3. The maximum Gasteiger partial charge on any atom is 0.143 e. The summed E-state index contributed by atoms with van der Waals surface area (Å²) in [6.07, 6.45) is 3.80. The predicted octanol–water partition coefficient (Wildman–Crippen LogP) is 3.95. The number of aromatic nitrogens is 2. The van der Waals surface area contributed by atoms with E-state index in [2.05, 4.69) is 37.0 Å². The van der Waals surface area contributed by atoms with E-state index in [4.69, 9.17) is 4.74 Å². The van der Waals surface area contributed by atoms with Crippen molar-refractivity contribution >= 4 is 0 Å². The molecule has 0 N–H and O–H groups in total. The maximum atomic E-state index is 5.45. The quantitative estimate of drug-likeness (QED) is 0.820. The van der Waals surface area contributed by atoms with Crippen molar-refractivity contribution < 1.29 is 4.74 Å². The van der Waals surface area contributed by atoms with Gasteiger partial charge in [-0.05, 0) is 30.5 Å². The van der Waals surface area contributed by atoms with Crippen molar-refractivity contribution in [2.24, 2.45) is 0 Å². The van der Waals surface area contributed by atoms with Crippen LogP contribution in [0, 0.1) is 6.92 Å². The molecule has 18 heavy (non-hydrogen) atoms. The first kappa shape index (κ1) is 14.3. The Balaban J connectivity index is 0.00000162. The van der Waals surface area contributed by atoms with Gasteiger partial charge in [-0.25, -0.2) is 4.98 Å². The van der Waals surface area contributed by atoms with Crippen LogP contribution in [0.15, 0.2) is 30.7 Å². The predicted molar refractivity (Wildman–Crippen MR) is 75.7 cm³/mol. The molecule has 0 saturated heterocycles. The molecule has 0 bridgehead atoms. The van der Waals surface area contributed by atoms with E-state index in [-0.39, 0.29) is 7.43 Å². The van der Waals surface area contributed by atoms with Gasteiger partial charge in [-0.15, -0.1) is 0 Å². The highest BCUT2D eigenvalue weighted by Gasteiger charge is 2.08. The van der Waals surface area contributed by atoms with Gasteiger partial charge in [0.15, 0.2) is 0 Å². The Labute approximate surface area is 109 Å². The van der Waals surface area contributed by atoms with Gasteiger partial charge in [0.1, 0.15) is 5.75 Å². The lowest BCUT2D eigenvalue weighted by Crippen LogP contribution is -1.97. The molecule has 0 radical (unpaired) electrons. The first-order valence-electron chi connectivity index (χ1n) is 5.80. The van der Waals surface area contributed by atoms with Gasteiger partial charge in [-0.1, -0.05) is 27.3 Å². The third-order valence-electron chi connectivity index (χ3n) is 2.86. The van der Waals surface area contributed by atoms with Gasteiger partial charge in [-0.3, -0.25) is 0 Å². The summed E-state index contributed by atoms with van der Waals surface area (Å²) >= 11 is 0. The van der Waals surface area contributed by atoms with Crippen LogP contribution in [0.4, 0.5) is 0 Å². The number of hydrogen-bond acceptors (Lipinski definition) is 2. The molecule has 3 heteroatoms. The van der Waals surface area contributed by atoms with E-state index in [1.807, 2.05) is 24.0 Å². The van der Waals surface area contributed by atoms with Crippen molar-refractivity contribution in [1.29, 1.82) is 0 Å². The molecule has 0 fully saturated rings. The van der Waals surface area contributed by atoms with Crippen LogP contribution in [0.5, 0.6) is 5.75 Å². The Morgan fingerprint density at radius 1 is 1.28 bits per heavy atom. The number of aryl methyl sites for hydroxylation is 1. The van der Waals surface area contributed by atoms with Gasteiger partial charge in [0.05, 0.1) is 24.8 Å². The lowest BCUT2D eigenvalue weighted by atomic mass is 10.0. The number of imidazole rings is 1. The monoisotopic (exact) mass is 246 g/mol. The fourth-order valence-corrected chi connectivity index (χ4v) is 1.82. The summed E-state index contributed by atoms with van der Waals surface area (Å²) in [7, 11) is 1.70. The molecule has 3 nitrogen and oxygen atoms in total. The van der Waals surface area contributed by atoms with Gasteiger partial charge in [0.25, 0.3) is 0 Å². The van der Waals surface area contributed by atoms with Crippen LogP contribution in [0.2, 0.25) is 0 Å². The molecule has 2 aromatic rings. The van der Waals surface area contributed by atoms with Gasteiger partial charge < -0.3 is 9.30 Å². The Morgan fingerprint density at radius 3 is 2.50 bits per heavy atom. The van der Waals surface area contributed by atoms with Crippen molar-refractivity contribution in [1.82, 2.24) is 9.55 Å². The fraction of sp³-hybridized carbons (Fsp3) is 0.400. The Hall–Kier alpha value is -1.77. The zero-order valence-electron chi connectivity index (χ0n) is 10.8. The molecule has 2 rings (SSSR count). The van der Waals surface area contributed by atoms with E-state index in [0.717, 1.165) is 17.1 Å². The minimum Gasteiger partial charge on any atom is -0.495 e. The van der Waals surface area contributed by atoms with Crippen molar-refractivity contribution in [3.63, 3.8) is 0 Å². The lowest BCUT2D eigenvalue weighted by molar-refractivity contribution is 0.412. The summed E-state index contributed by atoms with van der Waals surface area (Å²) in [4.78, 5) is 4.23. The van der Waals surface area contributed by atoms with Crippen LogP contribution in [0.3, 0.4) is 0 Å². The molecule has 98 valence electrons. The zero-order valence-corrected chi connectivity index (χ0v) is 10.8. The van der Waals surface area contributed by atoms with E-state index < -0.39 is 0 Å². The highest BCUT2D eigenvalue weighted by molar-refractivity contribution is 5.49. The second-order valence-electron chi connectivity index (χ2n) is 4.51. The van der Waals surface area contributed by atoms with E-state index in [1.165, 1.54) is 5.56 Å². The Kier molecular flexibility index (Phi) is 4.54. The van der Waals surface area contributed by atoms with E-state index >= 15 is 0 Å². The first-order chi connectivity index (χ1) is 8.11. The van der Waals surface area contributed by atoms with Crippen molar-refractivity contribution in [2.45, 2.75) is 34.1 Å². The van der Waals surface area contributed by atoms with Crippen LogP contribution < -0.4 is 4.74 Å². The SMILES string of the molecule is C.COc1cc(C(C)C)ccc1-n1cnc(C)c1. The number of ether oxygens (including phenoxy) is 1. The number of methoxy groups -OCH3 is 1. The molecular weight excluding hydrogens is 224 g/mol. The summed E-state index contributed by atoms with van der Waals surface area (Å²) in [6, 6.07) is 6.31. The third-order valence-corrected chi connectivity index (χ3v) is 2.86. The van der Waals surface area contributed by atoms with Crippen molar-refractivity contribution in [3.8, 4) is 11.4 Å². The number of benzene rings is 1. The van der Waals surface area contributed by atoms with Crippen molar-refractivity contribution in [2.75, 3.05) is 7.11 Å². The summed E-state index contributed by atoms with van der Waals surface area (Å²) in [5.41, 5.74) is 3.31. The molecule has 0 saturated carbocycles. The van der Waals surface area contributed by atoms with Crippen LogP contribution in [0.1, 0.15) is 38.4 Å². The van der Waals surface area contributed by atoms with Crippen molar-refractivity contribution in [3.05, 3.63) is 42.0 Å². The Bertz CT molecular complexity index is 515. The summed E-state index contributed by atoms with van der Waals surface area (Å²) in [5.74, 6) is 1.39. The van der Waals surface area contributed by atoms with Gasteiger partial charge in [-0.2, -0.15) is 0 Å². The summed E-state index contributed by atoms with van der Waals surface area (Å²) in [5, 5.41) is 0. The van der Waals surface area contributed by atoms with E-state index in [1.54, 1.807) is 7.11 Å². The van der Waals surface area contributed by atoms with Gasteiger partial charge in [0, 0.05) is 6.20 Å². The third kappa shape index (κ3) is 2.73. The molecule has 0 aliphatic rings. The highest BCUT2D eigenvalue weighted by atomic mass is 16.5. The van der Waals surface area contributed by atoms with Crippen LogP contribution in [-0.4, -0.2) is 16.7 Å². The van der Waals surface area contributed by atoms with Gasteiger partial charge >= 0.3 is 0 Å². The average molecular weight is 246 g/mol. The largest absolute Gasteiger partial charge is 0.495 e. The molecule has 0 aliphatic heterocycles.